The maximum atomic E-state index is 13.0. The Kier molecular flexibility index (Phi) is 6.51. The van der Waals surface area contributed by atoms with Crippen LogP contribution in [-0.4, -0.2) is 32.6 Å². The lowest BCUT2D eigenvalue weighted by Crippen LogP contribution is -2.28. The number of fused-ring (bicyclic) bond motifs is 1. The quantitative estimate of drug-likeness (QED) is 0.692. The van der Waals surface area contributed by atoms with Crippen LogP contribution in [-0.2, 0) is 22.9 Å². The monoisotopic (exact) mass is 442 g/mol. The van der Waals surface area contributed by atoms with Gasteiger partial charge in [0.1, 0.15) is 0 Å². The van der Waals surface area contributed by atoms with E-state index in [1.54, 1.807) is 24.3 Å². The van der Waals surface area contributed by atoms with E-state index >= 15 is 0 Å². The summed E-state index contributed by atoms with van der Waals surface area (Å²) < 4.78 is 28.5. The third kappa shape index (κ3) is 5.03. The smallest absolute Gasteiger partial charge is 0.337 e. The van der Waals surface area contributed by atoms with E-state index in [2.05, 4.69) is 9.62 Å². The van der Waals surface area contributed by atoms with Gasteiger partial charge in [0.15, 0.2) is 0 Å². The Hall–Kier alpha value is -2.54. The number of nitrogens with one attached hydrogen (secondary N) is 1. The fraction of sp³-hybridized carbons (Fsp3) is 0.458. The summed E-state index contributed by atoms with van der Waals surface area (Å²) in [7, 11) is -3.79. The Balaban J connectivity index is 1.59. The van der Waals surface area contributed by atoms with E-state index in [1.807, 2.05) is 6.07 Å². The molecule has 0 amide bonds. The van der Waals surface area contributed by atoms with E-state index in [9.17, 15) is 18.3 Å². The number of carboxylic acids is 1. The van der Waals surface area contributed by atoms with Gasteiger partial charge in [-0.1, -0.05) is 25.3 Å². The number of nitrogens with zero attached hydrogens (tertiary/aromatic N) is 1. The van der Waals surface area contributed by atoms with Crippen LogP contribution in [0.5, 0.6) is 0 Å². The number of aromatic carboxylic acids is 1. The normalized spacial score (nSPS) is 17.4. The molecule has 2 aromatic rings. The molecule has 7 heteroatoms. The molecule has 1 fully saturated rings. The zero-order valence-corrected chi connectivity index (χ0v) is 18.6. The first-order chi connectivity index (χ1) is 14.9. The van der Waals surface area contributed by atoms with Crippen molar-refractivity contribution >= 4 is 27.4 Å². The number of aryl methyl sites for hydroxylation is 2. The number of carboxylic acid groups (broad SMARTS) is 1. The Morgan fingerprint density at radius 3 is 2.23 bits per heavy atom. The molecule has 1 saturated heterocycles. The average Bonchev–Trinajstić information content (AvgIpc) is 2.73. The largest absolute Gasteiger partial charge is 0.478 e. The van der Waals surface area contributed by atoms with Gasteiger partial charge in [0.2, 0.25) is 0 Å². The molecule has 1 aliphatic heterocycles. The minimum atomic E-state index is -3.79. The first-order valence-corrected chi connectivity index (χ1v) is 12.7. The second-order valence-corrected chi connectivity index (χ2v) is 10.2. The Bertz CT molecular complexity index is 1060. The molecule has 166 valence electrons. The van der Waals surface area contributed by atoms with Gasteiger partial charge in [0.25, 0.3) is 10.0 Å². The number of carbonyl (C=O) groups is 1. The number of sulfonamides is 1. The molecule has 2 N–H and O–H groups in total. The van der Waals surface area contributed by atoms with Gasteiger partial charge >= 0.3 is 5.97 Å². The summed E-state index contributed by atoms with van der Waals surface area (Å²) in [4.78, 5) is 14.3. The van der Waals surface area contributed by atoms with E-state index in [4.69, 9.17) is 0 Å². The van der Waals surface area contributed by atoms with E-state index in [0.29, 0.717) is 5.69 Å². The van der Waals surface area contributed by atoms with Crippen LogP contribution >= 0.6 is 0 Å². The SMILES string of the molecule is O=C(O)c1cc(NS(=O)(=O)c2ccc3c(c2)CCCC3)ccc1N1CCCCCCC1. The van der Waals surface area contributed by atoms with E-state index in [1.165, 1.54) is 18.1 Å². The van der Waals surface area contributed by atoms with E-state index in [-0.39, 0.29) is 16.1 Å². The highest BCUT2D eigenvalue weighted by Crippen LogP contribution is 2.29. The summed E-state index contributed by atoms with van der Waals surface area (Å²) in [5.74, 6) is -1.05. The highest BCUT2D eigenvalue weighted by atomic mass is 32.2. The van der Waals surface area contributed by atoms with Crippen LogP contribution in [0.15, 0.2) is 41.3 Å². The molecular weight excluding hydrogens is 412 g/mol. The van der Waals surface area contributed by atoms with Crippen LogP contribution in [0.2, 0.25) is 0 Å². The Morgan fingerprint density at radius 2 is 1.52 bits per heavy atom. The molecule has 0 spiro atoms. The van der Waals surface area contributed by atoms with Gasteiger partial charge in [-0.25, -0.2) is 13.2 Å². The van der Waals surface area contributed by atoms with Crippen molar-refractivity contribution in [2.24, 2.45) is 0 Å². The predicted molar refractivity (Wildman–Crippen MR) is 123 cm³/mol. The molecule has 31 heavy (non-hydrogen) atoms. The lowest BCUT2D eigenvalue weighted by Gasteiger charge is -2.28. The van der Waals surface area contributed by atoms with Gasteiger partial charge in [0, 0.05) is 18.8 Å². The van der Waals surface area contributed by atoms with Crippen LogP contribution in [0.25, 0.3) is 0 Å². The molecule has 0 bridgehead atoms. The first kappa shape index (κ1) is 21.7. The zero-order chi connectivity index (χ0) is 21.8. The van der Waals surface area contributed by atoms with Crippen LogP contribution in [0.3, 0.4) is 0 Å². The number of anilines is 2. The van der Waals surface area contributed by atoms with Crippen molar-refractivity contribution in [1.29, 1.82) is 0 Å². The van der Waals surface area contributed by atoms with Gasteiger partial charge in [-0.2, -0.15) is 0 Å². The Morgan fingerprint density at radius 1 is 0.839 bits per heavy atom. The van der Waals surface area contributed by atoms with Crippen molar-refractivity contribution in [2.45, 2.75) is 62.7 Å². The molecule has 4 rings (SSSR count). The van der Waals surface area contributed by atoms with Crippen LogP contribution in [0.1, 0.15) is 66.4 Å². The van der Waals surface area contributed by atoms with Gasteiger partial charge in [0.05, 0.1) is 16.1 Å². The molecule has 1 heterocycles. The molecule has 0 radical (unpaired) electrons. The zero-order valence-electron chi connectivity index (χ0n) is 17.8. The fourth-order valence-electron chi connectivity index (χ4n) is 4.63. The summed E-state index contributed by atoms with van der Waals surface area (Å²) in [5.41, 5.74) is 3.37. The standard InChI is InChI=1S/C24H30N2O4S/c27-24(28)22-17-20(11-13-23(22)26-14-6-2-1-3-7-15-26)25-31(29,30)21-12-10-18-8-4-5-9-19(18)16-21/h10-13,16-17,25H,1-9,14-15H2,(H,27,28). The van der Waals surface area contributed by atoms with Gasteiger partial charge in [-0.15, -0.1) is 0 Å². The molecule has 2 aliphatic rings. The Labute approximate surface area is 184 Å². The van der Waals surface area contributed by atoms with Gasteiger partial charge in [-0.3, -0.25) is 4.72 Å². The van der Waals surface area contributed by atoms with Crippen molar-refractivity contribution in [3.8, 4) is 0 Å². The van der Waals surface area contributed by atoms with E-state index in [0.717, 1.165) is 70.0 Å². The molecule has 2 aromatic carbocycles. The highest BCUT2D eigenvalue weighted by Gasteiger charge is 2.21. The maximum Gasteiger partial charge on any atom is 0.337 e. The molecule has 1 aliphatic carbocycles. The third-order valence-corrected chi connectivity index (χ3v) is 7.69. The lowest BCUT2D eigenvalue weighted by molar-refractivity contribution is 0.0697. The number of hydrogen-bond acceptors (Lipinski definition) is 4. The van der Waals surface area contributed by atoms with Crippen LogP contribution in [0.4, 0.5) is 11.4 Å². The maximum absolute atomic E-state index is 13.0. The molecule has 0 aromatic heterocycles. The summed E-state index contributed by atoms with van der Waals surface area (Å²) in [6.45, 7) is 1.64. The van der Waals surface area contributed by atoms with Gasteiger partial charge < -0.3 is 10.0 Å². The summed E-state index contributed by atoms with van der Waals surface area (Å²) in [5, 5.41) is 9.79. The fourth-order valence-corrected chi connectivity index (χ4v) is 5.73. The molecule has 0 unspecified atom stereocenters. The number of benzene rings is 2. The molecular formula is C24H30N2O4S. The molecule has 0 atom stereocenters. The first-order valence-electron chi connectivity index (χ1n) is 11.2. The molecule has 6 nitrogen and oxygen atoms in total. The highest BCUT2D eigenvalue weighted by molar-refractivity contribution is 7.92. The number of rotatable bonds is 5. The summed E-state index contributed by atoms with van der Waals surface area (Å²) >= 11 is 0. The minimum absolute atomic E-state index is 0.131. The lowest BCUT2D eigenvalue weighted by atomic mass is 9.92. The van der Waals surface area contributed by atoms with Crippen molar-refractivity contribution in [3.63, 3.8) is 0 Å². The summed E-state index contributed by atoms with van der Waals surface area (Å²) in [6.07, 6.45) is 9.69. The molecule has 0 saturated carbocycles. The summed E-state index contributed by atoms with van der Waals surface area (Å²) in [6, 6.07) is 10.1. The second kappa shape index (κ2) is 9.30. The van der Waals surface area contributed by atoms with Crippen molar-refractivity contribution < 1.29 is 18.3 Å². The topological polar surface area (TPSA) is 86.7 Å². The average molecular weight is 443 g/mol. The minimum Gasteiger partial charge on any atom is -0.478 e. The predicted octanol–water partition coefficient (Wildman–Crippen LogP) is 4.83. The second-order valence-electron chi connectivity index (χ2n) is 8.54. The third-order valence-electron chi connectivity index (χ3n) is 6.31. The van der Waals surface area contributed by atoms with Gasteiger partial charge in [-0.05, 0) is 80.0 Å². The number of hydrogen-bond donors (Lipinski definition) is 2. The van der Waals surface area contributed by atoms with Crippen LogP contribution in [0, 0.1) is 0 Å². The van der Waals surface area contributed by atoms with Crippen molar-refractivity contribution in [2.75, 3.05) is 22.7 Å². The van der Waals surface area contributed by atoms with Crippen LogP contribution < -0.4 is 9.62 Å². The van der Waals surface area contributed by atoms with Crippen molar-refractivity contribution in [1.82, 2.24) is 0 Å². The van der Waals surface area contributed by atoms with E-state index < -0.39 is 16.0 Å². The van der Waals surface area contributed by atoms with Crippen molar-refractivity contribution in [3.05, 3.63) is 53.1 Å².